The fourth-order valence-corrected chi connectivity index (χ4v) is 4.73. The average molecular weight is 391 g/mol. The first-order valence-corrected chi connectivity index (χ1v) is 10.9. The Balaban J connectivity index is 1.51. The molecule has 1 atom stereocenters. The van der Waals surface area contributed by atoms with Gasteiger partial charge in [-0.2, -0.15) is 0 Å². The summed E-state index contributed by atoms with van der Waals surface area (Å²) in [5.74, 6) is 0.454. The van der Waals surface area contributed by atoms with Crippen LogP contribution in [0.25, 0.3) is 11.1 Å². The molecule has 0 aliphatic carbocycles. The van der Waals surface area contributed by atoms with Gasteiger partial charge in [0, 0.05) is 31.7 Å². The Morgan fingerprint density at radius 1 is 0.966 bits per heavy atom. The fourth-order valence-electron chi connectivity index (χ4n) is 4.73. The van der Waals surface area contributed by atoms with Gasteiger partial charge in [0.15, 0.2) is 0 Å². The van der Waals surface area contributed by atoms with Crippen LogP contribution in [-0.2, 0) is 11.3 Å². The molecule has 1 amide bonds. The summed E-state index contributed by atoms with van der Waals surface area (Å²) in [6.07, 6.45) is 6.49. The minimum Gasteiger partial charge on any atom is -0.342 e. The van der Waals surface area contributed by atoms with Crippen LogP contribution in [0.3, 0.4) is 0 Å². The summed E-state index contributed by atoms with van der Waals surface area (Å²) in [4.78, 5) is 28.8. The Hall–Kier alpha value is -2.46. The topological polar surface area (TPSA) is 40.6 Å². The summed E-state index contributed by atoms with van der Waals surface area (Å²) in [5, 5.41) is 0. The number of rotatable bonds is 5. The number of benzene rings is 2. The lowest BCUT2D eigenvalue weighted by Gasteiger charge is -2.36. The van der Waals surface area contributed by atoms with Gasteiger partial charge in [0.05, 0.1) is 5.92 Å². The van der Waals surface area contributed by atoms with Crippen LogP contribution in [0.5, 0.6) is 0 Å². The molecule has 2 aliphatic rings. The molecule has 0 bridgehead atoms. The zero-order chi connectivity index (χ0) is 20.1. The van der Waals surface area contributed by atoms with Crippen molar-refractivity contribution in [2.75, 3.05) is 26.2 Å². The largest absolute Gasteiger partial charge is 0.342 e. The maximum absolute atomic E-state index is 13.0. The zero-order valence-corrected chi connectivity index (χ0v) is 17.1. The molecule has 0 spiro atoms. The molecular weight excluding hydrogens is 360 g/mol. The Kier molecular flexibility index (Phi) is 6.40. The van der Waals surface area contributed by atoms with Crippen LogP contribution in [0.4, 0.5) is 0 Å². The monoisotopic (exact) mass is 390 g/mol. The molecule has 4 rings (SSSR count). The van der Waals surface area contributed by atoms with Crippen molar-refractivity contribution in [2.45, 2.75) is 38.6 Å². The van der Waals surface area contributed by atoms with Gasteiger partial charge in [-0.25, -0.2) is 0 Å². The predicted octanol–water partition coefficient (Wildman–Crippen LogP) is 4.39. The van der Waals surface area contributed by atoms with Crippen molar-refractivity contribution in [2.24, 2.45) is 5.92 Å². The molecule has 29 heavy (non-hydrogen) atoms. The van der Waals surface area contributed by atoms with Crippen LogP contribution in [0.2, 0.25) is 0 Å². The van der Waals surface area contributed by atoms with Crippen LogP contribution in [-0.4, -0.2) is 48.2 Å². The van der Waals surface area contributed by atoms with Gasteiger partial charge in [0.2, 0.25) is 5.91 Å². The minimum atomic E-state index is 0.108. The molecule has 0 aromatic heterocycles. The van der Waals surface area contributed by atoms with E-state index in [0.717, 1.165) is 75.8 Å². The second-order valence-electron chi connectivity index (χ2n) is 8.36. The van der Waals surface area contributed by atoms with Crippen LogP contribution in [0.1, 0.15) is 48.0 Å². The highest BCUT2D eigenvalue weighted by molar-refractivity contribution is 5.80. The first-order valence-electron chi connectivity index (χ1n) is 10.9. The Bertz CT molecular complexity index is 843. The first kappa shape index (κ1) is 19.8. The van der Waals surface area contributed by atoms with E-state index in [4.69, 9.17) is 0 Å². The molecule has 0 radical (unpaired) electrons. The van der Waals surface area contributed by atoms with Crippen LogP contribution in [0.15, 0.2) is 48.5 Å². The molecule has 2 heterocycles. The summed E-state index contributed by atoms with van der Waals surface area (Å²) in [6.45, 7) is 4.44. The number of hydrogen-bond acceptors (Lipinski definition) is 3. The fraction of sp³-hybridized carbons (Fsp3) is 0.440. The molecule has 152 valence electrons. The number of hydrogen-bond donors (Lipinski definition) is 0. The van der Waals surface area contributed by atoms with E-state index in [-0.39, 0.29) is 5.92 Å². The molecule has 2 aliphatic heterocycles. The van der Waals surface area contributed by atoms with Crippen LogP contribution in [0, 0.1) is 5.92 Å². The van der Waals surface area contributed by atoms with Gasteiger partial charge in [-0.3, -0.25) is 14.5 Å². The van der Waals surface area contributed by atoms with E-state index in [1.807, 2.05) is 30.3 Å². The van der Waals surface area contributed by atoms with Crippen molar-refractivity contribution >= 4 is 12.2 Å². The van der Waals surface area contributed by atoms with Gasteiger partial charge in [0.25, 0.3) is 0 Å². The number of carbonyl (C=O) groups is 2. The molecule has 2 aromatic rings. The quantitative estimate of drug-likeness (QED) is 0.711. The van der Waals surface area contributed by atoms with Gasteiger partial charge in [0.1, 0.15) is 6.29 Å². The SMILES string of the molecule is O=Cc1ccc(-c2ccccc2)c(CN2CCCC(C(=O)N3CCCCC3)C2)c1. The van der Waals surface area contributed by atoms with Crippen molar-refractivity contribution in [3.05, 3.63) is 59.7 Å². The van der Waals surface area contributed by atoms with Crippen LogP contribution >= 0.6 is 0 Å². The summed E-state index contributed by atoms with van der Waals surface area (Å²) < 4.78 is 0. The van der Waals surface area contributed by atoms with Gasteiger partial charge in [-0.1, -0.05) is 42.5 Å². The summed E-state index contributed by atoms with van der Waals surface area (Å²) in [6, 6.07) is 16.3. The van der Waals surface area contributed by atoms with Gasteiger partial charge >= 0.3 is 0 Å². The third-order valence-corrected chi connectivity index (χ3v) is 6.27. The smallest absolute Gasteiger partial charge is 0.226 e. The van der Waals surface area contributed by atoms with E-state index in [1.165, 1.54) is 12.0 Å². The standard InChI is InChI=1S/C25H30N2O2/c28-19-20-11-12-24(21-8-3-1-4-9-21)23(16-20)18-26-13-7-10-22(17-26)25(29)27-14-5-2-6-15-27/h1,3-4,8-9,11-12,16,19,22H,2,5-7,10,13-15,17-18H2. The van der Waals surface area contributed by atoms with E-state index in [2.05, 4.69) is 28.0 Å². The lowest BCUT2D eigenvalue weighted by Crippen LogP contribution is -2.46. The van der Waals surface area contributed by atoms with E-state index in [1.54, 1.807) is 0 Å². The van der Waals surface area contributed by atoms with E-state index < -0.39 is 0 Å². The first-order chi connectivity index (χ1) is 14.2. The number of carbonyl (C=O) groups excluding carboxylic acids is 2. The highest BCUT2D eigenvalue weighted by Gasteiger charge is 2.30. The number of likely N-dealkylation sites (tertiary alicyclic amines) is 2. The third-order valence-electron chi connectivity index (χ3n) is 6.27. The van der Waals surface area contributed by atoms with E-state index >= 15 is 0 Å². The van der Waals surface area contributed by atoms with Crippen molar-refractivity contribution in [3.8, 4) is 11.1 Å². The lowest BCUT2D eigenvalue weighted by atomic mass is 9.93. The van der Waals surface area contributed by atoms with Gasteiger partial charge < -0.3 is 4.90 Å². The zero-order valence-electron chi connectivity index (χ0n) is 17.1. The molecule has 2 fully saturated rings. The van der Waals surface area contributed by atoms with Gasteiger partial charge in [-0.05, 0) is 61.4 Å². The van der Waals surface area contributed by atoms with Gasteiger partial charge in [-0.15, -0.1) is 0 Å². The maximum Gasteiger partial charge on any atom is 0.226 e. The van der Waals surface area contributed by atoms with Crippen molar-refractivity contribution in [1.82, 2.24) is 9.80 Å². The second-order valence-corrected chi connectivity index (χ2v) is 8.36. The van der Waals surface area contributed by atoms with E-state index in [9.17, 15) is 9.59 Å². The summed E-state index contributed by atoms with van der Waals surface area (Å²) >= 11 is 0. The van der Waals surface area contributed by atoms with Crippen molar-refractivity contribution in [1.29, 1.82) is 0 Å². The molecule has 2 aromatic carbocycles. The van der Waals surface area contributed by atoms with Crippen molar-refractivity contribution in [3.63, 3.8) is 0 Å². The normalized spacial score (nSPS) is 20.4. The highest BCUT2D eigenvalue weighted by Crippen LogP contribution is 2.28. The number of aldehydes is 1. The molecule has 2 saturated heterocycles. The van der Waals surface area contributed by atoms with E-state index in [0.29, 0.717) is 11.5 Å². The molecule has 0 N–H and O–H groups in total. The minimum absolute atomic E-state index is 0.108. The summed E-state index contributed by atoms with van der Waals surface area (Å²) in [7, 11) is 0. The number of amides is 1. The third kappa shape index (κ3) is 4.76. The van der Waals surface area contributed by atoms with Crippen molar-refractivity contribution < 1.29 is 9.59 Å². The Morgan fingerprint density at radius 2 is 1.76 bits per heavy atom. The lowest BCUT2D eigenvalue weighted by molar-refractivity contribution is -0.138. The Morgan fingerprint density at radius 3 is 2.52 bits per heavy atom. The van der Waals surface area contributed by atoms with Crippen LogP contribution < -0.4 is 0 Å². The molecular formula is C25H30N2O2. The molecule has 4 heteroatoms. The molecule has 4 nitrogen and oxygen atoms in total. The highest BCUT2D eigenvalue weighted by atomic mass is 16.2. The Labute approximate surface area is 173 Å². The predicted molar refractivity (Wildman–Crippen MR) is 116 cm³/mol. The molecule has 1 unspecified atom stereocenters. The second kappa shape index (κ2) is 9.36. The number of piperidine rings is 2. The summed E-state index contributed by atoms with van der Waals surface area (Å²) in [5.41, 5.74) is 4.20. The average Bonchev–Trinajstić information content (AvgIpc) is 2.80. The molecule has 0 saturated carbocycles. The maximum atomic E-state index is 13.0. The number of nitrogens with zero attached hydrogens (tertiary/aromatic N) is 2.